The molecule has 0 aliphatic carbocycles. The molecule has 0 amide bonds. The summed E-state index contributed by atoms with van der Waals surface area (Å²) in [6, 6.07) is 1.30. The lowest BCUT2D eigenvalue weighted by atomic mass is 10.2. The van der Waals surface area contributed by atoms with Crippen LogP contribution in [0.15, 0.2) is 20.0 Å². The van der Waals surface area contributed by atoms with Gasteiger partial charge in [0.25, 0.3) is 0 Å². The molecule has 2 atom stereocenters. The third-order valence-corrected chi connectivity index (χ3v) is 6.11. The molecule has 0 saturated carbocycles. The monoisotopic (exact) mass is 352 g/mol. The van der Waals surface area contributed by atoms with Gasteiger partial charge in [0.2, 0.25) is 10.0 Å². The lowest BCUT2D eigenvalue weighted by Crippen LogP contribution is -2.40. The fourth-order valence-electron chi connectivity index (χ4n) is 2.21. The average molecular weight is 353 g/mol. The lowest BCUT2D eigenvalue weighted by Gasteiger charge is -2.25. The molecule has 2 heterocycles. The van der Waals surface area contributed by atoms with Crippen molar-refractivity contribution in [2.24, 2.45) is 5.73 Å². The topological polar surface area (TPSA) is 85.8 Å². The van der Waals surface area contributed by atoms with Crippen LogP contribution in [0.5, 0.6) is 0 Å². The maximum atomic E-state index is 12.6. The largest absolute Gasteiger partial charge is 0.452 e. The second kappa shape index (κ2) is 5.53. The number of halogens is 1. The van der Waals surface area contributed by atoms with Crippen LogP contribution in [0.25, 0.3) is 0 Å². The predicted octanol–water partition coefficient (Wildman–Crippen LogP) is 1.30. The van der Waals surface area contributed by atoms with Crippen LogP contribution in [0.3, 0.4) is 0 Å². The molecule has 19 heavy (non-hydrogen) atoms. The number of ether oxygens (including phenoxy) is 1. The van der Waals surface area contributed by atoms with E-state index in [2.05, 4.69) is 15.9 Å². The first kappa shape index (κ1) is 15.0. The first-order valence-electron chi connectivity index (χ1n) is 5.96. The number of likely N-dealkylation sites (N-methyl/N-ethyl adjacent to an activating group) is 1. The van der Waals surface area contributed by atoms with Gasteiger partial charge in [-0.1, -0.05) is 0 Å². The van der Waals surface area contributed by atoms with Crippen LogP contribution >= 0.6 is 15.9 Å². The van der Waals surface area contributed by atoms with Crippen molar-refractivity contribution in [1.82, 2.24) is 4.31 Å². The first-order chi connectivity index (χ1) is 8.87. The molecule has 2 N–H and O–H groups in total. The number of hydrogen-bond acceptors (Lipinski definition) is 5. The predicted molar refractivity (Wildman–Crippen MR) is 73.1 cm³/mol. The quantitative estimate of drug-likeness (QED) is 0.882. The second-order valence-electron chi connectivity index (χ2n) is 4.51. The number of nitrogens with two attached hydrogens (primary N) is 1. The van der Waals surface area contributed by atoms with Gasteiger partial charge < -0.3 is 14.9 Å². The molecule has 0 spiro atoms. The Bertz CT molecular complexity index is 557. The molecular formula is C11H17BrN2O4S. The SMILES string of the molecule is CC1OCCC1N(C)S(=O)(=O)c1cc(CN)oc1Br. The fourth-order valence-corrected chi connectivity index (χ4v) is 4.61. The number of furan rings is 1. The number of nitrogens with zero attached hydrogens (tertiary/aromatic N) is 1. The Morgan fingerprint density at radius 1 is 1.58 bits per heavy atom. The van der Waals surface area contributed by atoms with Crippen LogP contribution in [-0.2, 0) is 21.3 Å². The van der Waals surface area contributed by atoms with E-state index in [0.29, 0.717) is 18.8 Å². The van der Waals surface area contributed by atoms with Crippen LogP contribution in [0.4, 0.5) is 0 Å². The Hall–Kier alpha value is -0.410. The average Bonchev–Trinajstić information content (AvgIpc) is 2.94. The van der Waals surface area contributed by atoms with E-state index < -0.39 is 10.0 Å². The fraction of sp³-hybridized carbons (Fsp3) is 0.636. The summed E-state index contributed by atoms with van der Waals surface area (Å²) in [6.07, 6.45) is 0.579. The van der Waals surface area contributed by atoms with Gasteiger partial charge in [0.05, 0.1) is 18.7 Å². The molecule has 1 aliphatic heterocycles. The van der Waals surface area contributed by atoms with E-state index >= 15 is 0 Å². The Labute approximate surface area is 121 Å². The van der Waals surface area contributed by atoms with Crippen molar-refractivity contribution in [2.75, 3.05) is 13.7 Å². The first-order valence-corrected chi connectivity index (χ1v) is 8.19. The van der Waals surface area contributed by atoms with Crippen molar-refractivity contribution in [2.45, 2.75) is 36.9 Å². The summed E-state index contributed by atoms with van der Waals surface area (Å²) in [6.45, 7) is 2.60. The third kappa shape index (κ3) is 2.73. The summed E-state index contributed by atoms with van der Waals surface area (Å²) in [5, 5.41) is 0. The molecule has 1 aliphatic rings. The summed E-state index contributed by atoms with van der Waals surface area (Å²) in [4.78, 5) is 0.106. The van der Waals surface area contributed by atoms with Gasteiger partial charge in [-0.05, 0) is 29.3 Å². The number of hydrogen-bond donors (Lipinski definition) is 1. The van der Waals surface area contributed by atoms with Gasteiger partial charge in [0.15, 0.2) is 4.67 Å². The summed E-state index contributed by atoms with van der Waals surface area (Å²) in [7, 11) is -2.06. The highest BCUT2D eigenvalue weighted by Gasteiger charge is 2.37. The van der Waals surface area contributed by atoms with Gasteiger partial charge >= 0.3 is 0 Å². The molecule has 1 fully saturated rings. The van der Waals surface area contributed by atoms with Crippen LogP contribution in [-0.4, -0.2) is 38.5 Å². The smallest absolute Gasteiger partial charge is 0.247 e. The van der Waals surface area contributed by atoms with Gasteiger partial charge in [-0.15, -0.1) is 0 Å². The van der Waals surface area contributed by atoms with E-state index in [1.807, 2.05) is 6.92 Å². The van der Waals surface area contributed by atoms with Gasteiger partial charge in [0.1, 0.15) is 10.7 Å². The van der Waals surface area contributed by atoms with Crippen LogP contribution in [0, 0.1) is 0 Å². The van der Waals surface area contributed by atoms with Crippen molar-refractivity contribution in [3.8, 4) is 0 Å². The third-order valence-electron chi connectivity index (χ3n) is 3.37. The van der Waals surface area contributed by atoms with E-state index in [1.54, 1.807) is 7.05 Å². The molecule has 2 rings (SSSR count). The maximum absolute atomic E-state index is 12.6. The highest BCUT2D eigenvalue weighted by atomic mass is 79.9. The molecule has 0 radical (unpaired) electrons. The molecule has 2 unspecified atom stereocenters. The molecule has 0 bridgehead atoms. The molecule has 1 aromatic rings. The van der Waals surface area contributed by atoms with Crippen molar-refractivity contribution >= 4 is 26.0 Å². The summed E-state index contributed by atoms with van der Waals surface area (Å²) < 4.78 is 37.3. The standard InChI is InChI=1S/C11H17BrN2O4S/c1-7-9(3-4-17-7)14(2)19(15,16)10-5-8(6-13)18-11(10)12/h5,7,9H,3-4,6,13H2,1-2H3. The lowest BCUT2D eigenvalue weighted by molar-refractivity contribution is 0.102. The van der Waals surface area contributed by atoms with Gasteiger partial charge in [-0.2, -0.15) is 4.31 Å². The second-order valence-corrected chi connectivity index (χ2v) is 7.19. The van der Waals surface area contributed by atoms with E-state index in [0.717, 1.165) is 0 Å². The van der Waals surface area contributed by atoms with Gasteiger partial charge in [-0.3, -0.25) is 0 Å². The molecule has 108 valence electrons. The maximum Gasteiger partial charge on any atom is 0.247 e. The Balaban J connectivity index is 2.33. The van der Waals surface area contributed by atoms with Crippen molar-refractivity contribution < 1.29 is 17.6 Å². The highest BCUT2D eigenvalue weighted by molar-refractivity contribution is 9.10. The Morgan fingerprint density at radius 2 is 2.26 bits per heavy atom. The molecule has 1 aromatic heterocycles. The number of rotatable bonds is 4. The summed E-state index contributed by atoms with van der Waals surface area (Å²) in [5.74, 6) is 0.426. The molecule has 6 nitrogen and oxygen atoms in total. The van der Waals surface area contributed by atoms with Crippen LogP contribution < -0.4 is 5.73 Å². The number of sulfonamides is 1. The van der Waals surface area contributed by atoms with E-state index in [-0.39, 0.29) is 28.3 Å². The van der Waals surface area contributed by atoms with Crippen LogP contribution in [0.1, 0.15) is 19.1 Å². The van der Waals surface area contributed by atoms with Gasteiger partial charge in [0, 0.05) is 19.7 Å². The van der Waals surface area contributed by atoms with Crippen LogP contribution in [0.2, 0.25) is 0 Å². The highest BCUT2D eigenvalue weighted by Crippen LogP contribution is 2.31. The zero-order chi connectivity index (χ0) is 14.2. The Kier molecular flexibility index (Phi) is 4.36. The van der Waals surface area contributed by atoms with Crippen molar-refractivity contribution in [3.63, 3.8) is 0 Å². The van der Waals surface area contributed by atoms with E-state index in [4.69, 9.17) is 14.9 Å². The summed E-state index contributed by atoms with van der Waals surface area (Å²) in [5.41, 5.74) is 5.45. The van der Waals surface area contributed by atoms with E-state index in [1.165, 1.54) is 10.4 Å². The molecule has 1 saturated heterocycles. The van der Waals surface area contributed by atoms with Crippen molar-refractivity contribution in [1.29, 1.82) is 0 Å². The van der Waals surface area contributed by atoms with Crippen molar-refractivity contribution in [3.05, 3.63) is 16.5 Å². The Morgan fingerprint density at radius 3 is 2.74 bits per heavy atom. The summed E-state index contributed by atoms with van der Waals surface area (Å²) >= 11 is 3.13. The zero-order valence-corrected chi connectivity index (χ0v) is 13.2. The minimum atomic E-state index is -3.62. The van der Waals surface area contributed by atoms with Gasteiger partial charge in [-0.25, -0.2) is 8.42 Å². The minimum Gasteiger partial charge on any atom is -0.452 e. The molecule has 8 heteroatoms. The minimum absolute atomic E-state index is 0.106. The molecular weight excluding hydrogens is 336 g/mol. The van der Waals surface area contributed by atoms with E-state index in [9.17, 15) is 8.42 Å². The zero-order valence-electron chi connectivity index (χ0n) is 10.8. The molecule has 0 aromatic carbocycles. The normalized spacial score (nSPS) is 24.3.